The number of aryl methyl sites for hydroxylation is 1. The highest BCUT2D eigenvalue weighted by atomic mass is 16.5. The Morgan fingerprint density at radius 1 is 1.13 bits per heavy atom. The fourth-order valence-electron chi connectivity index (χ4n) is 4.03. The number of ether oxygens (including phenoxy) is 2. The molecule has 3 aromatic rings. The summed E-state index contributed by atoms with van der Waals surface area (Å²) in [5.74, 6) is 2.08. The number of hydrogen-bond donors (Lipinski definition) is 0. The smallest absolute Gasteiger partial charge is 0.249 e. The molecule has 3 heterocycles. The molecule has 0 bridgehead atoms. The van der Waals surface area contributed by atoms with Crippen LogP contribution < -0.4 is 4.74 Å². The van der Waals surface area contributed by atoms with Gasteiger partial charge in [-0.15, -0.1) is 0 Å². The zero-order valence-corrected chi connectivity index (χ0v) is 16.9. The van der Waals surface area contributed by atoms with Crippen molar-refractivity contribution in [2.45, 2.75) is 38.0 Å². The lowest BCUT2D eigenvalue weighted by molar-refractivity contribution is -0.160. The number of rotatable bonds is 5. The van der Waals surface area contributed by atoms with E-state index in [0.717, 1.165) is 29.8 Å². The minimum atomic E-state index is -0.457. The molecular weight excluding hydrogens is 382 g/mol. The van der Waals surface area contributed by atoms with Crippen LogP contribution in [-0.4, -0.2) is 50.3 Å². The first-order chi connectivity index (χ1) is 14.7. The van der Waals surface area contributed by atoms with Gasteiger partial charge in [0, 0.05) is 11.7 Å². The molecule has 154 valence electrons. The normalized spacial score (nSPS) is 21.7. The van der Waals surface area contributed by atoms with Crippen LogP contribution in [0.4, 0.5) is 0 Å². The van der Waals surface area contributed by atoms with Crippen LogP contribution in [0.1, 0.15) is 42.1 Å². The summed E-state index contributed by atoms with van der Waals surface area (Å²) in [6.45, 7) is 1.97. The van der Waals surface area contributed by atoms with Crippen LogP contribution >= 0.6 is 0 Å². The summed E-state index contributed by atoms with van der Waals surface area (Å²) >= 11 is 0. The molecule has 2 fully saturated rings. The Balaban J connectivity index is 1.59. The zero-order chi connectivity index (χ0) is 20.7. The molecule has 0 unspecified atom stereocenters. The summed E-state index contributed by atoms with van der Waals surface area (Å²) in [4.78, 5) is 23.9. The van der Waals surface area contributed by atoms with Crippen LogP contribution in [0.5, 0.6) is 5.75 Å². The Morgan fingerprint density at radius 2 is 1.93 bits per heavy atom. The van der Waals surface area contributed by atoms with E-state index in [2.05, 4.69) is 15.1 Å². The van der Waals surface area contributed by atoms with E-state index in [1.165, 1.54) is 6.33 Å². The fraction of sp³-hybridized carbons (Fsp3) is 0.364. The predicted molar refractivity (Wildman–Crippen MR) is 108 cm³/mol. The van der Waals surface area contributed by atoms with Gasteiger partial charge in [-0.1, -0.05) is 18.2 Å². The molecule has 1 aromatic carbocycles. The van der Waals surface area contributed by atoms with E-state index < -0.39 is 6.10 Å². The third-order valence-electron chi connectivity index (χ3n) is 5.58. The number of carbonyl (C=O) groups is 1. The number of pyridine rings is 1. The predicted octanol–water partition coefficient (Wildman–Crippen LogP) is 2.78. The number of benzene rings is 1. The van der Waals surface area contributed by atoms with E-state index in [1.54, 1.807) is 11.8 Å². The average molecular weight is 405 g/mol. The van der Waals surface area contributed by atoms with Crippen LogP contribution in [0.15, 0.2) is 48.8 Å². The summed E-state index contributed by atoms with van der Waals surface area (Å²) in [6.07, 6.45) is 3.07. The van der Waals surface area contributed by atoms with Gasteiger partial charge in [-0.3, -0.25) is 4.79 Å². The molecule has 0 N–H and O–H groups in total. The molecule has 0 radical (unpaired) electrons. The largest absolute Gasteiger partial charge is 0.497 e. The van der Waals surface area contributed by atoms with Crippen molar-refractivity contribution in [2.75, 3.05) is 13.7 Å². The summed E-state index contributed by atoms with van der Waals surface area (Å²) in [7, 11) is 1.64. The topological polar surface area (TPSA) is 82.4 Å². The standard InChI is InChI=1S/C22H23N5O3/c1-14-4-3-5-18(25-14)27-22(23-13-24-27)21-20(15-6-10-17(29-2)11-7-15)26(16-8-9-16)19(28)12-30-21/h3-7,10-11,13,16,20-21H,8-9,12H2,1-2H3/t20-,21+/m1/s1. The monoisotopic (exact) mass is 405 g/mol. The lowest BCUT2D eigenvalue weighted by atomic mass is 9.96. The maximum atomic E-state index is 12.8. The highest BCUT2D eigenvalue weighted by Gasteiger charge is 2.47. The maximum Gasteiger partial charge on any atom is 0.249 e. The second-order valence-corrected chi connectivity index (χ2v) is 7.65. The molecule has 1 saturated carbocycles. The molecule has 1 saturated heterocycles. The molecular formula is C22H23N5O3. The first-order valence-corrected chi connectivity index (χ1v) is 10.1. The summed E-state index contributed by atoms with van der Waals surface area (Å²) < 4.78 is 13.1. The summed E-state index contributed by atoms with van der Waals surface area (Å²) in [5, 5.41) is 4.40. The highest BCUT2D eigenvalue weighted by Crippen LogP contribution is 2.45. The van der Waals surface area contributed by atoms with Crippen molar-refractivity contribution < 1.29 is 14.3 Å². The molecule has 2 aromatic heterocycles. The van der Waals surface area contributed by atoms with Gasteiger partial charge >= 0.3 is 0 Å². The zero-order valence-electron chi connectivity index (χ0n) is 16.9. The molecule has 1 aliphatic carbocycles. The van der Waals surface area contributed by atoms with E-state index in [4.69, 9.17) is 9.47 Å². The molecule has 0 spiro atoms. The SMILES string of the molecule is COc1ccc([C@@H]2[C@@H](c3ncnn3-c3cccc(C)n3)OCC(=O)N2C2CC2)cc1. The van der Waals surface area contributed by atoms with Gasteiger partial charge in [0.25, 0.3) is 0 Å². The van der Waals surface area contributed by atoms with Crippen molar-refractivity contribution >= 4 is 5.91 Å². The van der Waals surface area contributed by atoms with Gasteiger partial charge in [-0.25, -0.2) is 9.97 Å². The highest BCUT2D eigenvalue weighted by molar-refractivity contribution is 5.79. The minimum Gasteiger partial charge on any atom is -0.497 e. The van der Waals surface area contributed by atoms with Crippen molar-refractivity contribution in [3.05, 3.63) is 65.9 Å². The maximum absolute atomic E-state index is 12.8. The van der Waals surface area contributed by atoms with E-state index in [-0.39, 0.29) is 24.6 Å². The van der Waals surface area contributed by atoms with E-state index >= 15 is 0 Å². The number of aromatic nitrogens is 4. The second kappa shape index (κ2) is 7.53. The van der Waals surface area contributed by atoms with E-state index in [9.17, 15) is 4.79 Å². The van der Waals surface area contributed by atoms with Gasteiger partial charge < -0.3 is 14.4 Å². The molecule has 8 heteroatoms. The lowest BCUT2D eigenvalue weighted by Gasteiger charge is -2.41. The fourth-order valence-corrected chi connectivity index (χ4v) is 4.03. The Hall–Kier alpha value is -3.26. The number of nitrogens with zero attached hydrogens (tertiary/aromatic N) is 5. The summed E-state index contributed by atoms with van der Waals surface area (Å²) in [6, 6.07) is 13.5. The van der Waals surface area contributed by atoms with Gasteiger partial charge in [-0.05, 0) is 49.6 Å². The first kappa shape index (κ1) is 18.7. The lowest BCUT2D eigenvalue weighted by Crippen LogP contribution is -2.47. The van der Waals surface area contributed by atoms with Crippen LogP contribution in [0.3, 0.4) is 0 Å². The van der Waals surface area contributed by atoms with Crippen LogP contribution in [-0.2, 0) is 9.53 Å². The molecule has 2 atom stereocenters. The van der Waals surface area contributed by atoms with Gasteiger partial charge in [0.15, 0.2) is 11.6 Å². The second-order valence-electron chi connectivity index (χ2n) is 7.65. The van der Waals surface area contributed by atoms with Gasteiger partial charge in [0.2, 0.25) is 5.91 Å². The minimum absolute atomic E-state index is 0.00862. The Bertz CT molecular complexity index is 1060. The van der Waals surface area contributed by atoms with Crippen molar-refractivity contribution in [3.8, 4) is 11.6 Å². The number of amides is 1. The number of hydrogen-bond acceptors (Lipinski definition) is 6. The average Bonchev–Trinajstić information content (AvgIpc) is 3.49. The molecule has 2 aliphatic rings. The van der Waals surface area contributed by atoms with Gasteiger partial charge in [-0.2, -0.15) is 9.78 Å². The van der Waals surface area contributed by atoms with Crippen molar-refractivity contribution in [1.82, 2.24) is 24.6 Å². The Morgan fingerprint density at radius 3 is 2.63 bits per heavy atom. The molecule has 1 aliphatic heterocycles. The van der Waals surface area contributed by atoms with Gasteiger partial charge in [0.1, 0.15) is 24.8 Å². The van der Waals surface area contributed by atoms with E-state index in [1.807, 2.05) is 54.3 Å². The van der Waals surface area contributed by atoms with Crippen LogP contribution in [0.25, 0.3) is 5.82 Å². The summed E-state index contributed by atoms with van der Waals surface area (Å²) in [5.41, 5.74) is 1.87. The molecule has 1 amide bonds. The Labute approximate surface area is 174 Å². The first-order valence-electron chi connectivity index (χ1n) is 10.1. The van der Waals surface area contributed by atoms with Crippen molar-refractivity contribution in [1.29, 1.82) is 0 Å². The van der Waals surface area contributed by atoms with Crippen LogP contribution in [0.2, 0.25) is 0 Å². The molecule has 8 nitrogen and oxygen atoms in total. The van der Waals surface area contributed by atoms with Crippen LogP contribution in [0, 0.1) is 6.92 Å². The van der Waals surface area contributed by atoms with Crippen molar-refractivity contribution in [2.24, 2.45) is 0 Å². The molecule has 30 heavy (non-hydrogen) atoms. The quantitative estimate of drug-likeness (QED) is 0.649. The Kier molecular flexibility index (Phi) is 4.71. The number of carbonyl (C=O) groups excluding carboxylic acids is 1. The molecule has 5 rings (SSSR count). The number of morpholine rings is 1. The third kappa shape index (κ3) is 3.33. The van der Waals surface area contributed by atoms with E-state index in [0.29, 0.717) is 11.6 Å². The van der Waals surface area contributed by atoms with Gasteiger partial charge in [0.05, 0.1) is 13.2 Å². The number of methoxy groups -OCH3 is 1. The van der Waals surface area contributed by atoms with Crippen molar-refractivity contribution in [3.63, 3.8) is 0 Å². The third-order valence-corrected chi connectivity index (χ3v) is 5.58.